The van der Waals surface area contributed by atoms with Crippen LogP contribution in [0.5, 0.6) is 0 Å². The van der Waals surface area contributed by atoms with Crippen LogP contribution in [0.1, 0.15) is 22.0 Å². The Bertz CT molecular complexity index is 936. The molecule has 8 heteroatoms. The van der Waals surface area contributed by atoms with E-state index in [2.05, 4.69) is 15.1 Å². The lowest BCUT2D eigenvalue weighted by Crippen LogP contribution is -2.31. The molecule has 3 rings (SSSR count). The first-order chi connectivity index (χ1) is 12.0. The van der Waals surface area contributed by atoms with Crippen molar-refractivity contribution in [2.45, 2.75) is 13.8 Å². The summed E-state index contributed by atoms with van der Waals surface area (Å²) < 4.78 is 6.50. The highest BCUT2D eigenvalue weighted by atomic mass is 16.5. The van der Waals surface area contributed by atoms with Crippen LogP contribution in [0.4, 0.5) is 5.69 Å². The second kappa shape index (κ2) is 6.68. The van der Waals surface area contributed by atoms with Crippen molar-refractivity contribution >= 4 is 23.3 Å². The number of ether oxygens (including phenoxy) is 1. The van der Waals surface area contributed by atoms with E-state index in [1.165, 1.54) is 9.42 Å². The average molecular weight is 339 g/mol. The summed E-state index contributed by atoms with van der Waals surface area (Å²) in [5.41, 5.74) is 2.29. The molecule has 8 nitrogen and oxygen atoms in total. The summed E-state index contributed by atoms with van der Waals surface area (Å²) in [6, 6.07) is 10.9. The summed E-state index contributed by atoms with van der Waals surface area (Å²) in [6.45, 7) is 3.27. The lowest BCUT2D eigenvalue weighted by molar-refractivity contribution is -0.121. The van der Waals surface area contributed by atoms with Gasteiger partial charge in [0, 0.05) is 24.1 Å². The lowest BCUT2D eigenvalue weighted by Gasteiger charge is -2.16. The Kier molecular flexibility index (Phi) is 4.42. The maximum absolute atomic E-state index is 12.1. The zero-order chi connectivity index (χ0) is 18.0. The zero-order valence-corrected chi connectivity index (χ0v) is 14.1. The highest BCUT2D eigenvalue weighted by Crippen LogP contribution is 2.11. The zero-order valence-electron chi connectivity index (χ0n) is 14.1. The van der Waals surface area contributed by atoms with E-state index in [4.69, 9.17) is 4.74 Å². The Morgan fingerprint density at radius 3 is 2.60 bits per heavy atom. The molecule has 2 heterocycles. The molecular weight excluding hydrogens is 322 g/mol. The molecule has 0 spiro atoms. The molecule has 128 valence electrons. The number of aromatic nitrogens is 4. The van der Waals surface area contributed by atoms with E-state index in [1.54, 1.807) is 19.2 Å². The molecule has 0 bridgehead atoms. The van der Waals surface area contributed by atoms with Crippen LogP contribution in [-0.4, -0.2) is 45.1 Å². The molecule has 0 aliphatic heterocycles. The standard InChI is InChI=1S/C17H17N5O3/c1-11-9-12(2)22-17(18-11)19-15(20-22)16(24)25-10-14(23)21(3)13-7-5-4-6-8-13/h4-9H,10H2,1-3H3. The maximum atomic E-state index is 12.1. The predicted molar refractivity (Wildman–Crippen MR) is 90.4 cm³/mol. The smallest absolute Gasteiger partial charge is 0.378 e. The van der Waals surface area contributed by atoms with Gasteiger partial charge in [0.2, 0.25) is 0 Å². The van der Waals surface area contributed by atoms with Gasteiger partial charge in [0.05, 0.1) is 0 Å². The second-order valence-corrected chi connectivity index (χ2v) is 5.55. The van der Waals surface area contributed by atoms with E-state index < -0.39 is 12.6 Å². The van der Waals surface area contributed by atoms with E-state index in [0.29, 0.717) is 11.5 Å². The van der Waals surface area contributed by atoms with Crippen LogP contribution < -0.4 is 4.90 Å². The molecule has 0 radical (unpaired) electrons. The van der Waals surface area contributed by atoms with Crippen molar-refractivity contribution in [2.75, 3.05) is 18.6 Å². The van der Waals surface area contributed by atoms with Gasteiger partial charge in [0.1, 0.15) is 0 Å². The quantitative estimate of drug-likeness (QED) is 0.670. The number of esters is 1. The van der Waals surface area contributed by atoms with Crippen molar-refractivity contribution in [1.29, 1.82) is 0 Å². The minimum Gasteiger partial charge on any atom is -0.450 e. The number of likely N-dealkylation sites (N-methyl/N-ethyl adjacent to an activating group) is 1. The molecule has 25 heavy (non-hydrogen) atoms. The van der Waals surface area contributed by atoms with E-state index >= 15 is 0 Å². The van der Waals surface area contributed by atoms with Gasteiger partial charge in [-0.3, -0.25) is 4.79 Å². The fourth-order valence-corrected chi connectivity index (χ4v) is 2.34. The SMILES string of the molecule is Cc1cc(C)n2nc(C(=O)OCC(=O)N(C)c3ccccc3)nc2n1. The fourth-order valence-electron chi connectivity index (χ4n) is 2.34. The lowest BCUT2D eigenvalue weighted by atomic mass is 10.3. The highest BCUT2D eigenvalue weighted by molar-refractivity contribution is 5.95. The van der Waals surface area contributed by atoms with E-state index in [1.807, 2.05) is 38.1 Å². The molecule has 0 atom stereocenters. The number of rotatable bonds is 4. The van der Waals surface area contributed by atoms with Crippen molar-refractivity contribution in [1.82, 2.24) is 19.6 Å². The first-order valence-electron chi connectivity index (χ1n) is 7.65. The number of aryl methyl sites for hydroxylation is 2. The van der Waals surface area contributed by atoms with Gasteiger partial charge in [-0.1, -0.05) is 18.2 Å². The number of amides is 1. The van der Waals surface area contributed by atoms with Gasteiger partial charge in [-0.25, -0.2) is 14.3 Å². The van der Waals surface area contributed by atoms with Crippen LogP contribution >= 0.6 is 0 Å². The van der Waals surface area contributed by atoms with Crippen molar-refractivity contribution in [2.24, 2.45) is 0 Å². The molecule has 3 aromatic rings. The predicted octanol–water partition coefficient (Wildman–Crippen LogP) is 1.56. The number of carbonyl (C=O) groups excluding carboxylic acids is 2. The molecule has 0 saturated heterocycles. The Balaban J connectivity index is 1.68. The summed E-state index contributed by atoms with van der Waals surface area (Å²) >= 11 is 0. The van der Waals surface area contributed by atoms with Crippen LogP contribution in [0.25, 0.3) is 5.78 Å². The normalized spacial score (nSPS) is 10.7. The molecule has 0 unspecified atom stereocenters. The number of hydrogen-bond donors (Lipinski definition) is 0. The van der Waals surface area contributed by atoms with Crippen LogP contribution in [0, 0.1) is 13.8 Å². The largest absolute Gasteiger partial charge is 0.450 e. The van der Waals surface area contributed by atoms with Crippen molar-refractivity contribution in [3.63, 3.8) is 0 Å². The molecule has 0 aliphatic rings. The van der Waals surface area contributed by atoms with Crippen LogP contribution in [0.2, 0.25) is 0 Å². The van der Waals surface area contributed by atoms with Crippen LogP contribution in [-0.2, 0) is 9.53 Å². The monoisotopic (exact) mass is 339 g/mol. The summed E-state index contributed by atoms with van der Waals surface area (Å²) in [4.78, 5) is 33.9. The van der Waals surface area contributed by atoms with Crippen LogP contribution in [0.15, 0.2) is 36.4 Å². The molecule has 0 saturated carbocycles. The minimum absolute atomic E-state index is 0.128. The summed E-state index contributed by atoms with van der Waals surface area (Å²) in [5, 5.41) is 4.08. The number of hydrogen-bond acceptors (Lipinski definition) is 6. The molecule has 0 aliphatic carbocycles. The van der Waals surface area contributed by atoms with Crippen molar-refractivity contribution in [3.8, 4) is 0 Å². The molecule has 1 aromatic carbocycles. The molecule has 0 N–H and O–H groups in total. The third-order valence-electron chi connectivity index (χ3n) is 3.65. The first kappa shape index (κ1) is 16.6. The topological polar surface area (TPSA) is 89.7 Å². The third-order valence-corrected chi connectivity index (χ3v) is 3.65. The van der Waals surface area contributed by atoms with Gasteiger partial charge in [0.15, 0.2) is 6.61 Å². The van der Waals surface area contributed by atoms with Crippen molar-refractivity contribution < 1.29 is 14.3 Å². The van der Waals surface area contributed by atoms with Crippen molar-refractivity contribution in [3.05, 3.63) is 53.6 Å². The summed E-state index contributed by atoms with van der Waals surface area (Å²) in [7, 11) is 1.62. The Morgan fingerprint density at radius 1 is 1.16 bits per heavy atom. The second-order valence-electron chi connectivity index (χ2n) is 5.55. The maximum Gasteiger partial charge on any atom is 0.378 e. The minimum atomic E-state index is -0.766. The Hall–Kier alpha value is -3.29. The highest BCUT2D eigenvalue weighted by Gasteiger charge is 2.19. The molecule has 0 fully saturated rings. The number of benzene rings is 1. The van der Waals surface area contributed by atoms with Gasteiger partial charge >= 0.3 is 5.97 Å². The number of fused-ring (bicyclic) bond motifs is 1. The van der Waals surface area contributed by atoms with Gasteiger partial charge in [-0.15, -0.1) is 5.10 Å². The number of anilines is 1. The number of nitrogens with zero attached hydrogens (tertiary/aromatic N) is 5. The molecular formula is C17H17N5O3. The molecule has 2 aromatic heterocycles. The van der Waals surface area contributed by atoms with Gasteiger partial charge in [-0.05, 0) is 32.0 Å². The van der Waals surface area contributed by atoms with E-state index in [9.17, 15) is 9.59 Å². The number of carbonyl (C=O) groups is 2. The Labute approximate surface area is 144 Å². The Morgan fingerprint density at radius 2 is 1.88 bits per heavy atom. The average Bonchev–Trinajstić information content (AvgIpc) is 3.04. The van der Waals surface area contributed by atoms with E-state index in [-0.39, 0.29) is 11.7 Å². The number of para-hydroxylation sites is 1. The van der Waals surface area contributed by atoms with E-state index in [0.717, 1.165) is 11.4 Å². The van der Waals surface area contributed by atoms with Gasteiger partial charge in [0.25, 0.3) is 17.5 Å². The van der Waals surface area contributed by atoms with Crippen LogP contribution in [0.3, 0.4) is 0 Å². The fraction of sp³-hybridized carbons (Fsp3) is 0.235. The first-order valence-corrected chi connectivity index (χ1v) is 7.65. The summed E-state index contributed by atoms with van der Waals surface area (Å²) in [6.07, 6.45) is 0. The summed E-state index contributed by atoms with van der Waals surface area (Å²) in [5.74, 6) is -0.931. The molecule has 1 amide bonds. The van der Waals surface area contributed by atoms with Gasteiger partial charge < -0.3 is 9.64 Å². The third kappa shape index (κ3) is 3.47. The van der Waals surface area contributed by atoms with Gasteiger partial charge in [-0.2, -0.15) is 4.98 Å².